The van der Waals surface area contributed by atoms with E-state index in [9.17, 15) is 13.2 Å². The van der Waals surface area contributed by atoms with Crippen LogP contribution >= 0.6 is 0 Å². The highest BCUT2D eigenvalue weighted by molar-refractivity contribution is 7.89. The molecule has 0 aromatic heterocycles. The number of aliphatic carboxylic acids is 1. The number of carbonyl (C=O) groups is 1. The average Bonchev–Trinajstić information content (AvgIpc) is 3.10. The van der Waals surface area contributed by atoms with Crippen LogP contribution < -0.4 is 4.72 Å². The number of nitrogens with one attached hydrogen (secondary N) is 1. The summed E-state index contributed by atoms with van der Waals surface area (Å²) in [5.41, 5.74) is 1.41. The summed E-state index contributed by atoms with van der Waals surface area (Å²) in [6.45, 7) is 1.75. The van der Waals surface area contributed by atoms with Crippen molar-refractivity contribution in [1.82, 2.24) is 4.72 Å². The molecule has 2 N–H and O–H groups in total. The van der Waals surface area contributed by atoms with E-state index in [1.807, 2.05) is 0 Å². The second-order valence-corrected chi connectivity index (χ2v) is 6.30. The maximum atomic E-state index is 12.0. The Kier molecular flexibility index (Phi) is 3.73. The van der Waals surface area contributed by atoms with E-state index >= 15 is 0 Å². The van der Waals surface area contributed by atoms with Crippen LogP contribution in [0.15, 0.2) is 29.2 Å². The maximum absolute atomic E-state index is 12.0. The zero-order valence-electron chi connectivity index (χ0n) is 10.5. The van der Waals surface area contributed by atoms with Crippen LogP contribution in [0, 0.1) is 6.92 Å². The summed E-state index contributed by atoms with van der Waals surface area (Å²) in [6, 6.07) is 4.71. The molecule has 0 radical (unpaired) electrons. The molecule has 102 valence electrons. The van der Waals surface area contributed by atoms with Crippen LogP contribution in [0.4, 0.5) is 0 Å². The Morgan fingerprint density at radius 1 is 1.42 bits per heavy atom. The van der Waals surface area contributed by atoms with Gasteiger partial charge in [-0.05, 0) is 49.1 Å². The van der Waals surface area contributed by atoms with Gasteiger partial charge in [0.15, 0.2) is 0 Å². The number of carboxylic acids is 1. The lowest BCUT2D eigenvalue weighted by Gasteiger charge is -2.07. The molecule has 5 nitrogen and oxygen atoms in total. The third-order valence-electron chi connectivity index (χ3n) is 2.86. The van der Waals surface area contributed by atoms with Crippen molar-refractivity contribution < 1.29 is 18.3 Å². The minimum absolute atomic E-state index is 0.0666. The lowest BCUT2D eigenvalue weighted by atomic mass is 10.1. The molecule has 1 saturated carbocycles. The van der Waals surface area contributed by atoms with Crippen LogP contribution in [-0.2, 0) is 14.8 Å². The van der Waals surface area contributed by atoms with Crippen molar-refractivity contribution in [2.45, 2.75) is 30.7 Å². The first kappa shape index (κ1) is 13.8. The van der Waals surface area contributed by atoms with E-state index in [0.29, 0.717) is 5.56 Å². The molecule has 6 heteroatoms. The monoisotopic (exact) mass is 281 g/mol. The molecule has 2 rings (SSSR count). The molecule has 1 aliphatic carbocycles. The number of rotatable bonds is 5. The van der Waals surface area contributed by atoms with Crippen molar-refractivity contribution in [3.05, 3.63) is 35.4 Å². The predicted octanol–water partition coefficient (Wildman–Crippen LogP) is 1.53. The van der Waals surface area contributed by atoms with Gasteiger partial charge >= 0.3 is 5.97 Å². The van der Waals surface area contributed by atoms with Crippen LogP contribution in [0.5, 0.6) is 0 Å². The first-order chi connectivity index (χ1) is 8.88. The fourth-order valence-electron chi connectivity index (χ4n) is 1.65. The van der Waals surface area contributed by atoms with Crippen LogP contribution in [0.2, 0.25) is 0 Å². The summed E-state index contributed by atoms with van der Waals surface area (Å²) in [5, 5.41) is 8.56. The molecular weight excluding hydrogens is 266 g/mol. The maximum Gasteiger partial charge on any atom is 0.328 e. The molecule has 19 heavy (non-hydrogen) atoms. The first-order valence-electron chi connectivity index (χ1n) is 5.92. The molecule has 0 heterocycles. The first-order valence-corrected chi connectivity index (χ1v) is 7.41. The number of benzene rings is 1. The van der Waals surface area contributed by atoms with Crippen molar-refractivity contribution in [1.29, 1.82) is 0 Å². The highest BCUT2D eigenvalue weighted by atomic mass is 32.2. The van der Waals surface area contributed by atoms with Crippen molar-refractivity contribution in [2.75, 3.05) is 0 Å². The Labute approximate surface area is 112 Å². The Morgan fingerprint density at radius 3 is 2.63 bits per heavy atom. The Morgan fingerprint density at radius 2 is 2.11 bits per heavy atom. The van der Waals surface area contributed by atoms with Gasteiger partial charge in [0.05, 0.1) is 4.90 Å². The Bertz CT molecular complexity index is 630. The second kappa shape index (κ2) is 5.14. The average molecular weight is 281 g/mol. The zero-order valence-corrected chi connectivity index (χ0v) is 11.3. The molecule has 1 aliphatic rings. The summed E-state index contributed by atoms with van der Waals surface area (Å²) in [7, 11) is -3.46. The lowest BCUT2D eigenvalue weighted by Crippen LogP contribution is -2.25. The van der Waals surface area contributed by atoms with E-state index in [1.54, 1.807) is 19.1 Å². The molecule has 1 aromatic carbocycles. The number of aryl methyl sites for hydroxylation is 1. The summed E-state index contributed by atoms with van der Waals surface area (Å²) in [5.74, 6) is -1.04. The third-order valence-corrected chi connectivity index (χ3v) is 4.37. The molecule has 1 aromatic rings. The van der Waals surface area contributed by atoms with Gasteiger partial charge in [-0.3, -0.25) is 0 Å². The van der Waals surface area contributed by atoms with Crippen LogP contribution in [0.1, 0.15) is 24.0 Å². The van der Waals surface area contributed by atoms with Crippen molar-refractivity contribution >= 4 is 22.1 Å². The number of sulfonamides is 1. The molecule has 0 amide bonds. The lowest BCUT2D eigenvalue weighted by molar-refractivity contribution is -0.131. The van der Waals surface area contributed by atoms with Crippen LogP contribution in [-0.4, -0.2) is 25.5 Å². The fraction of sp³-hybridized carbons (Fsp3) is 0.308. The van der Waals surface area contributed by atoms with E-state index in [0.717, 1.165) is 24.5 Å². The molecule has 0 unspecified atom stereocenters. The van der Waals surface area contributed by atoms with Crippen LogP contribution in [0.3, 0.4) is 0 Å². The molecule has 0 bridgehead atoms. The van der Waals surface area contributed by atoms with Gasteiger partial charge in [0.2, 0.25) is 10.0 Å². The Balaban J connectivity index is 2.25. The highest BCUT2D eigenvalue weighted by Crippen LogP contribution is 2.23. The SMILES string of the molecule is Cc1cc(S(=O)(=O)NC2CC2)ccc1/C=C/C(=O)O. The quantitative estimate of drug-likeness (QED) is 0.802. The zero-order chi connectivity index (χ0) is 14.0. The smallest absolute Gasteiger partial charge is 0.328 e. The number of hydrogen-bond acceptors (Lipinski definition) is 3. The van der Waals surface area contributed by atoms with Gasteiger partial charge in [0.1, 0.15) is 0 Å². The molecule has 1 fully saturated rings. The minimum Gasteiger partial charge on any atom is -0.478 e. The number of hydrogen-bond donors (Lipinski definition) is 2. The van der Waals surface area contributed by atoms with Crippen molar-refractivity contribution in [3.8, 4) is 0 Å². The highest BCUT2D eigenvalue weighted by Gasteiger charge is 2.27. The van der Waals surface area contributed by atoms with Gasteiger partial charge in [0, 0.05) is 12.1 Å². The summed E-state index contributed by atoms with van der Waals surface area (Å²) < 4.78 is 26.6. The van der Waals surface area contributed by atoms with Gasteiger partial charge < -0.3 is 5.11 Å². The number of carboxylic acid groups (broad SMARTS) is 1. The van der Waals surface area contributed by atoms with Gasteiger partial charge in [-0.2, -0.15) is 0 Å². The van der Waals surface area contributed by atoms with E-state index in [-0.39, 0.29) is 10.9 Å². The standard InChI is InChI=1S/C13H15NO4S/c1-9-8-12(19(17,18)14-11-4-5-11)6-2-10(9)3-7-13(15)16/h2-3,6-8,11,14H,4-5H2,1H3,(H,15,16)/b7-3+. The van der Waals surface area contributed by atoms with Gasteiger partial charge in [-0.1, -0.05) is 6.07 Å². The molecule has 0 aliphatic heterocycles. The summed E-state index contributed by atoms with van der Waals surface area (Å²) in [4.78, 5) is 10.7. The summed E-state index contributed by atoms with van der Waals surface area (Å²) >= 11 is 0. The van der Waals surface area contributed by atoms with Gasteiger partial charge in [0.25, 0.3) is 0 Å². The van der Waals surface area contributed by atoms with E-state index in [4.69, 9.17) is 5.11 Å². The largest absolute Gasteiger partial charge is 0.478 e. The van der Waals surface area contributed by atoms with Crippen molar-refractivity contribution in [2.24, 2.45) is 0 Å². The molecule has 0 atom stereocenters. The minimum atomic E-state index is -3.46. The summed E-state index contributed by atoms with van der Waals surface area (Å²) in [6.07, 6.45) is 4.25. The molecular formula is C13H15NO4S. The van der Waals surface area contributed by atoms with Gasteiger partial charge in [-0.15, -0.1) is 0 Å². The van der Waals surface area contributed by atoms with Crippen LogP contribution in [0.25, 0.3) is 6.08 Å². The van der Waals surface area contributed by atoms with E-state index in [1.165, 1.54) is 12.1 Å². The predicted molar refractivity (Wildman–Crippen MR) is 71.2 cm³/mol. The van der Waals surface area contributed by atoms with E-state index < -0.39 is 16.0 Å². The van der Waals surface area contributed by atoms with Gasteiger partial charge in [-0.25, -0.2) is 17.9 Å². The van der Waals surface area contributed by atoms with E-state index in [2.05, 4.69) is 4.72 Å². The molecule has 0 spiro atoms. The third kappa shape index (κ3) is 3.65. The normalized spacial score (nSPS) is 15.8. The molecule has 0 saturated heterocycles. The van der Waals surface area contributed by atoms with Crippen molar-refractivity contribution in [3.63, 3.8) is 0 Å². The second-order valence-electron chi connectivity index (χ2n) is 4.59. The fourth-order valence-corrected chi connectivity index (χ4v) is 3.04. The topological polar surface area (TPSA) is 83.5 Å². The Hall–Kier alpha value is -1.66.